The van der Waals surface area contributed by atoms with Gasteiger partial charge in [-0.15, -0.1) is 0 Å². The van der Waals surface area contributed by atoms with Crippen LogP contribution in [-0.4, -0.2) is 11.0 Å². The predicted octanol–water partition coefficient (Wildman–Crippen LogP) is 3.69. The lowest BCUT2D eigenvalue weighted by Gasteiger charge is -2.11. The third-order valence-corrected chi connectivity index (χ3v) is 3.38. The van der Waals surface area contributed by atoms with Crippen LogP contribution in [0.1, 0.15) is 22.3 Å². The van der Waals surface area contributed by atoms with Crippen LogP contribution in [0.5, 0.6) is 0 Å². The zero-order chi connectivity index (χ0) is 17.0. The molecular weight excluding hydrogens is 307 g/mol. The molecule has 0 heterocycles. The van der Waals surface area contributed by atoms with E-state index in [9.17, 15) is 18.0 Å². The van der Waals surface area contributed by atoms with Gasteiger partial charge >= 0.3 is 6.18 Å². The molecular formula is C17H16F3NO2. The molecule has 0 radical (unpaired) electrons. The maximum Gasteiger partial charge on any atom is 0.416 e. The summed E-state index contributed by atoms with van der Waals surface area (Å²) in [4.78, 5) is 12.0. The van der Waals surface area contributed by atoms with Crippen LogP contribution in [0.15, 0.2) is 42.5 Å². The van der Waals surface area contributed by atoms with Crippen molar-refractivity contribution in [3.8, 4) is 0 Å². The highest BCUT2D eigenvalue weighted by molar-refractivity contribution is 5.93. The first kappa shape index (κ1) is 17.0. The molecule has 1 amide bonds. The number of halogens is 3. The number of anilines is 1. The minimum absolute atomic E-state index is 0.156. The van der Waals surface area contributed by atoms with Gasteiger partial charge in [-0.1, -0.05) is 30.3 Å². The van der Waals surface area contributed by atoms with Gasteiger partial charge in [0.2, 0.25) is 5.91 Å². The van der Waals surface area contributed by atoms with E-state index in [0.29, 0.717) is 11.3 Å². The maximum atomic E-state index is 12.7. The van der Waals surface area contributed by atoms with Gasteiger partial charge in [-0.3, -0.25) is 4.79 Å². The van der Waals surface area contributed by atoms with Crippen LogP contribution < -0.4 is 5.32 Å². The number of carbonyl (C=O) groups excluding carboxylic acids is 1. The molecule has 0 aliphatic rings. The Labute approximate surface area is 131 Å². The summed E-state index contributed by atoms with van der Waals surface area (Å²) in [7, 11) is 0. The highest BCUT2D eigenvalue weighted by Gasteiger charge is 2.30. The second-order valence-electron chi connectivity index (χ2n) is 5.23. The van der Waals surface area contributed by atoms with E-state index in [1.165, 1.54) is 12.1 Å². The van der Waals surface area contributed by atoms with E-state index in [4.69, 9.17) is 5.11 Å². The van der Waals surface area contributed by atoms with Crippen molar-refractivity contribution in [3.63, 3.8) is 0 Å². The average molecular weight is 323 g/mol. The van der Waals surface area contributed by atoms with E-state index in [2.05, 4.69) is 5.32 Å². The minimum Gasteiger partial charge on any atom is -0.392 e. The molecule has 0 aliphatic carbocycles. The highest BCUT2D eigenvalue weighted by Crippen LogP contribution is 2.29. The molecule has 0 saturated carbocycles. The lowest BCUT2D eigenvalue weighted by atomic mass is 10.1. The Balaban J connectivity index is 2.11. The summed E-state index contributed by atoms with van der Waals surface area (Å²) in [6.45, 7) is 1.64. The molecule has 0 bridgehead atoms. The highest BCUT2D eigenvalue weighted by atomic mass is 19.4. The number of rotatable bonds is 4. The first-order valence-corrected chi connectivity index (χ1v) is 6.96. The summed E-state index contributed by atoms with van der Waals surface area (Å²) in [6.07, 6.45) is -4.59. The standard InChI is InChI=1S/C17H16F3NO2/c1-11-5-6-13(10-22)8-15(11)21-16(23)9-12-3-2-4-14(7-12)17(18,19)20/h2-8,22H,9-10H2,1H3,(H,21,23). The van der Waals surface area contributed by atoms with Crippen molar-refractivity contribution < 1.29 is 23.1 Å². The summed E-state index contributed by atoms with van der Waals surface area (Å²) < 4.78 is 38.0. The van der Waals surface area contributed by atoms with Crippen LogP contribution in [-0.2, 0) is 24.0 Å². The molecule has 0 atom stereocenters. The topological polar surface area (TPSA) is 49.3 Å². The van der Waals surface area contributed by atoms with Gasteiger partial charge < -0.3 is 10.4 Å². The smallest absolute Gasteiger partial charge is 0.392 e. The van der Waals surface area contributed by atoms with Gasteiger partial charge in [0.1, 0.15) is 0 Å². The van der Waals surface area contributed by atoms with Crippen LogP contribution >= 0.6 is 0 Å². The van der Waals surface area contributed by atoms with E-state index in [1.54, 1.807) is 25.1 Å². The number of hydrogen-bond acceptors (Lipinski definition) is 2. The molecule has 2 aromatic rings. The fourth-order valence-electron chi connectivity index (χ4n) is 2.14. The molecule has 0 aliphatic heterocycles. The van der Waals surface area contributed by atoms with E-state index < -0.39 is 17.6 Å². The van der Waals surface area contributed by atoms with Gasteiger partial charge in [0.25, 0.3) is 0 Å². The summed E-state index contributed by atoms with van der Waals surface area (Å²) in [5, 5.41) is 11.8. The van der Waals surface area contributed by atoms with Crippen molar-refractivity contribution in [1.29, 1.82) is 0 Å². The predicted molar refractivity (Wildman–Crippen MR) is 80.9 cm³/mol. The number of alkyl halides is 3. The SMILES string of the molecule is Cc1ccc(CO)cc1NC(=O)Cc1cccc(C(F)(F)F)c1. The van der Waals surface area contributed by atoms with Gasteiger partial charge in [0.05, 0.1) is 18.6 Å². The van der Waals surface area contributed by atoms with Crippen molar-refractivity contribution in [2.45, 2.75) is 26.1 Å². The molecule has 0 saturated heterocycles. The van der Waals surface area contributed by atoms with Crippen LogP contribution in [0.4, 0.5) is 18.9 Å². The third kappa shape index (κ3) is 4.56. The number of carbonyl (C=O) groups is 1. The Morgan fingerprint density at radius 3 is 2.52 bits per heavy atom. The number of benzene rings is 2. The Morgan fingerprint density at radius 2 is 1.87 bits per heavy atom. The summed E-state index contributed by atoms with van der Waals surface area (Å²) >= 11 is 0. The number of aliphatic hydroxyl groups excluding tert-OH is 1. The monoisotopic (exact) mass is 323 g/mol. The molecule has 3 nitrogen and oxygen atoms in total. The number of aliphatic hydroxyl groups is 1. The van der Waals surface area contributed by atoms with Gasteiger partial charge in [-0.05, 0) is 35.7 Å². The third-order valence-electron chi connectivity index (χ3n) is 3.38. The zero-order valence-electron chi connectivity index (χ0n) is 12.4. The maximum absolute atomic E-state index is 12.7. The lowest BCUT2D eigenvalue weighted by molar-refractivity contribution is -0.137. The first-order chi connectivity index (χ1) is 10.8. The fraction of sp³-hybridized carbons (Fsp3) is 0.235. The molecule has 0 aromatic heterocycles. The zero-order valence-corrected chi connectivity index (χ0v) is 12.4. The van der Waals surface area contributed by atoms with Crippen molar-refractivity contribution in [1.82, 2.24) is 0 Å². The van der Waals surface area contributed by atoms with Crippen molar-refractivity contribution in [3.05, 3.63) is 64.7 Å². The molecule has 6 heteroatoms. The Kier molecular flexibility index (Phi) is 5.05. The molecule has 0 spiro atoms. The molecule has 2 N–H and O–H groups in total. The quantitative estimate of drug-likeness (QED) is 0.901. The van der Waals surface area contributed by atoms with Gasteiger partial charge in [0, 0.05) is 5.69 Å². The van der Waals surface area contributed by atoms with Crippen LogP contribution in [0.2, 0.25) is 0 Å². The van der Waals surface area contributed by atoms with Crippen molar-refractivity contribution >= 4 is 11.6 Å². The lowest BCUT2D eigenvalue weighted by Crippen LogP contribution is -2.16. The molecule has 0 unspecified atom stereocenters. The van der Waals surface area contributed by atoms with Crippen molar-refractivity contribution in [2.24, 2.45) is 0 Å². The molecule has 0 fully saturated rings. The number of nitrogens with one attached hydrogen (secondary N) is 1. The largest absolute Gasteiger partial charge is 0.416 e. The first-order valence-electron chi connectivity index (χ1n) is 6.96. The second-order valence-corrected chi connectivity index (χ2v) is 5.23. The minimum atomic E-state index is -4.43. The fourth-order valence-corrected chi connectivity index (χ4v) is 2.14. The summed E-state index contributed by atoms with van der Waals surface area (Å²) in [5.74, 6) is -0.414. The van der Waals surface area contributed by atoms with E-state index in [1.807, 2.05) is 0 Å². The van der Waals surface area contributed by atoms with Crippen LogP contribution in [0.25, 0.3) is 0 Å². The molecule has 122 valence electrons. The number of amides is 1. The summed E-state index contributed by atoms with van der Waals surface area (Å²) in [6, 6.07) is 9.82. The number of aryl methyl sites for hydroxylation is 1. The van der Waals surface area contributed by atoms with E-state index >= 15 is 0 Å². The second kappa shape index (κ2) is 6.83. The van der Waals surface area contributed by atoms with Gasteiger partial charge in [0.15, 0.2) is 0 Å². The average Bonchev–Trinajstić information content (AvgIpc) is 2.49. The van der Waals surface area contributed by atoms with E-state index in [-0.39, 0.29) is 18.6 Å². The van der Waals surface area contributed by atoms with Gasteiger partial charge in [-0.25, -0.2) is 0 Å². The Morgan fingerprint density at radius 1 is 1.13 bits per heavy atom. The van der Waals surface area contributed by atoms with Crippen LogP contribution in [0, 0.1) is 6.92 Å². The Bertz CT molecular complexity index is 711. The van der Waals surface area contributed by atoms with Crippen LogP contribution in [0.3, 0.4) is 0 Å². The molecule has 23 heavy (non-hydrogen) atoms. The molecule has 2 aromatic carbocycles. The molecule has 2 rings (SSSR count). The van der Waals surface area contributed by atoms with Crippen molar-refractivity contribution in [2.75, 3.05) is 5.32 Å². The van der Waals surface area contributed by atoms with E-state index in [0.717, 1.165) is 17.7 Å². The Hall–Kier alpha value is -2.34. The normalized spacial score (nSPS) is 11.3. The number of hydrogen-bond donors (Lipinski definition) is 2. The summed E-state index contributed by atoms with van der Waals surface area (Å²) in [5.41, 5.74) is 1.49. The van der Waals surface area contributed by atoms with Gasteiger partial charge in [-0.2, -0.15) is 13.2 Å².